The van der Waals surface area contributed by atoms with Gasteiger partial charge < -0.3 is 20.4 Å². The second-order valence-corrected chi connectivity index (χ2v) is 11.6. The number of nitrogens with one attached hydrogen (secondary N) is 2. The van der Waals surface area contributed by atoms with Crippen LogP contribution in [0.5, 0.6) is 0 Å². The minimum atomic E-state index is -0.162. The summed E-state index contributed by atoms with van der Waals surface area (Å²) in [5, 5.41) is 6.94. The normalized spacial score (nSPS) is 17.1. The number of amides is 2. The second-order valence-electron chi connectivity index (χ2n) is 11.6. The highest BCUT2D eigenvalue weighted by molar-refractivity contribution is 5.96. The Bertz CT molecular complexity index is 1310. The number of fused-ring (bicyclic) bond motifs is 1. The van der Waals surface area contributed by atoms with E-state index >= 15 is 0 Å². The number of carbonyl (C=O) groups is 2. The summed E-state index contributed by atoms with van der Waals surface area (Å²) in [5.74, 6) is 2.10. The highest BCUT2D eigenvalue weighted by Crippen LogP contribution is 2.29. The van der Waals surface area contributed by atoms with Gasteiger partial charge in [0, 0.05) is 62.3 Å². The largest absolute Gasteiger partial charge is 0.372 e. The fourth-order valence-electron chi connectivity index (χ4n) is 5.80. The number of carbonyl (C=O) groups excluding carboxylic acids is 2. The zero-order valence-corrected chi connectivity index (χ0v) is 24.8. The van der Waals surface area contributed by atoms with Gasteiger partial charge in [0.05, 0.1) is 5.52 Å². The van der Waals surface area contributed by atoms with Crippen LogP contribution in [-0.4, -0.2) is 49.5 Å². The van der Waals surface area contributed by atoms with Crippen molar-refractivity contribution in [1.29, 1.82) is 0 Å². The highest BCUT2D eigenvalue weighted by Gasteiger charge is 2.23. The first-order valence-electron chi connectivity index (χ1n) is 14.8. The molecule has 1 aliphatic heterocycles. The number of aromatic nitrogens is 1. The molecular formula is C33H45N5O2. The molecule has 7 nitrogen and oxygen atoms in total. The summed E-state index contributed by atoms with van der Waals surface area (Å²) in [4.78, 5) is 34.6. The minimum absolute atomic E-state index is 0.0961. The molecular weight excluding hydrogens is 498 g/mol. The van der Waals surface area contributed by atoms with Gasteiger partial charge in [0.2, 0.25) is 11.8 Å². The molecule has 1 aromatic heterocycles. The van der Waals surface area contributed by atoms with Gasteiger partial charge in [-0.15, -0.1) is 0 Å². The summed E-state index contributed by atoms with van der Waals surface area (Å²) in [6.07, 6.45) is 2.43. The van der Waals surface area contributed by atoms with Gasteiger partial charge in [0.1, 0.15) is 5.82 Å². The standard InChI is InChI=1S/C33H45N5O2/c1-6-37(28-10-7-9-23(2)18-28)16-8-15-34-32(39)13-14-33(40)35-27-11-12-30-29(20-27)26(5)19-31(36-30)38-21-24(3)17-25(4)22-38/h7,9-12,18-20,24-25H,6,8,13-17,21-22H2,1-5H3,(H,34,39)(H,35,40)/t24-,25-/m1/s1. The molecule has 2 aromatic carbocycles. The lowest BCUT2D eigenvalue weighted by Gasteiger charge is -2.36. The Hall–Kier alpha value is -3.61. The number of hydrogen-bond donors (Lipinski definition) is 2. The van der Waals surface area contributed by atoms with E-state index in [-0.39, 0.29) is 24.7 Å². The summed E-state index contributed by atoms with van der Waals surface area (Å²) in [5.41, 5.74) is 5.25. The maximum atomic E-state index is 12.6. The summed E-state index contributed by atoms with van der Waals surface area (Å²) >= 11 is 0. The first-order valence-corrected chi connectivity index (χ1v) is 14.8. The summed E-state index contributed by atoms with van der Waals surface area (Å²) in [6, 6.07) is 16.5. The third kappa shape index (κ3) is 7.96. The van der Waals surface area contributed by atoms with E-state index in [0.717, 1.165) is 60.6 Å². The molecule has 0 aliphatic carbocycles. The van der Waals surface area contributed by atoms with Crippen molar-refractivity contribution in [3.05, 3.63) is 59.7 Å². The number of nitrogens with zero attached hydrogens (tertiary/aromatic N) is 3. The van der Waals surface area contributed by atoms with Crippen molar-refractivity contribution in [1.82, 2.24) is 10.3 Å². The van der Waals surface area contributed by atoms with Crippen LogP contribution in [-0.2, 0) is 9.59 Å². The molecule has 2 heterocycles. The molecule has 40 heavy (non-hydrogen) atoms. The Morgan fingerprint density at radius 1 is 1.00 bits per heavy atom. The minimum Gasteiger partial charge on any atom is -0.372 e. The first kappa shape index (κ1) is 29.4. The van der Waals surface area contributed by atoms with Gasteiger partial charge in [0.25, 0.3) is 0 Å². The Balaban J connectivity index is 1.23. The molecule has 3 aromatic rings. The number of benzene rings is 2. The maximum Gasteiger partial charge on any atom is 0.224 e. The van der Waals surface area contributed by atoms with Crippen molar-refractivity contribution in [3.63, 3.8) is 0 Å². The van der Waals surface area contributed by atoms with Crippen LogP contribution < -0.4 is 20.4 Å². The van der Waals surface area contributed by atoms with Gasteiger partial charge in [-0.05, 0) is 93.0 Å². The Morgan fingerprint density at radius 2 is 1.75 bits per heavy atom. The quantitative estimate of drug-likeness (QED) is 0.286. The zero-order valence-electron chi connectivity index (χ0n) is 24.8. The van der Waals surface area contributed by atoms with Crippen LogP contribution in [0.25, 0.3) is 10.9 Å². The smallest absolute Gasteiger partial charge is 0.224 e. The third-order valence-electron chi connectivity index (χ3n) is 7.73. The van der Waals surface area contributed by atoms with E-state index in [9.17, 15) is 9.59 Å². The van der Waals surface area contributed by atoms with Crippen LogP contribution >= 0.6 is 0 Å². The van der Waals surface area contributed by atoms with Crippen molar-refractivity contribution >= 4 is 39.9 Å². The molecule has 214 valence electrons. The van der Waals surface area contributed by atoms with Gasteiger partial charge in [0.15, 0.2) is 0 Å². The van der Waals surface area contributed by atoms with E-state index in [1.807, 2.05) is 18.2 Å². The van der Waals surface area contributed by atoms with E-state index in [4.69, 9.17) is 4.98 Å². The van der Waals surface area contributed by atoms with E-state index in [0.29, 0.717) is 18.4 Å². The summed E-state index contributed by atoms with van der Waals surface area (Å²) < 4.78 is 0. The molecule has 2 N–H and O–H groups in total. The van der Waals surface area contributed by atoms with Crippen molar-refractivity contribution in [3.8, 4) is 0 Å². The zero-order chi connectivity index (χ0) is 28.6. The monoisotopic (exact) mass is 543 g/mol. The average molecular weight is 544 g/mol. The van der Waals surface area contributed by atoms with Gasteiger partial charge in [-0.2, -0.15) is 0 Å². The molecule has 0 saturated carbocycles. The average Bonchev–Trinajstić information content (AvgIpc) is 2.91. The van der Waals surface area contributed by atoms with Crippen LogP contribution in [0, 0.1) is 25.7 Å². The fraction of sp³-hybridized carbons (Fsp3) is 0.485. The second kappa shape index (κ2) is 13.6. The Kier molecular flexibility index (Phi) is 10.0. The molecule has 4 rings (SSSR count). The van der Waals surface area contributed by atoms with Gasteiger partial charge >= 0.3 is 0 Å². The number of aryl methyl sites for hydroxylation is 2. The lowest BCUT2D eigenvalue weighted by molar-refractivity contribution is -0.124. The number of pyridine rings is 1. The van der Waals surface area contributed by atoms with E-state index in [2.05, 4.69) is 85.4 Å². The summed E-state index contributed by atoms with van der Waals surface area (Å²) in [7, 11) is 0. The predicted octanol–water partition coefficient (Wildman–Crippen LogP) is 6.09. The molecule has 1 saturated heterocycles. The van der Waals surface area contributed by atoms with Gasteiger partial charge in [-0.1, -0.05) is 26.0 Å². The number of hydrogen-bond acceptors (Lipinski definition) is 5. The molecule has 0 bridgehead atoms. The molecule has 1 aliphatic rings. The molecule has 2 amide bonds. The number of rotatable bonds is 11. The van der Waals surface area contributed by atoms with Crippen molar-refractivity contribution < 1.29 is 9.59 Å². The molecule has 0 unspecified atom stereocenters. The van der Waals surface area contributed by atoms with E-state index < -0.39 is 0 Å². The van der Waals surface area contributed by atoms with Crippen LogP contribution in [0.15, 0.2) is 48.5 Å². The van der Waals surface area contributed by atoms with E-state index in [1.54, 1.807) is 0 Å². The van der Waals surface area contributed by atoms with Crippen LogP contribution in [0.1, 0.15) is 57.6 Å². The van der Waals surface area contributed by atoms with E-state index in [1.165, 1.54) is 17.7 Å². The highest BCUT2D eigenvalue weighted by atomic mass is 16.2. The predicted molar refractivity (Wildman–Crippen MR) is 166 cm³/mol. The molecule has 0 radical (unpaired) electrons. The van der Waals surface area contributed by atoms with Crippen molar-refractivity contribution in [2.45, 2.75) is 60.3 Å². The van der Waals surface area contributed by atoms with Crippen LogP contribution in [0.3, 0.4) is 0 Å². The topological polar surface area (TPSA) is 77.6 Å². The lowest BCUT2D eigenvalue weighted by Crippen LogP contribution is -2.39. The van der Waals surface area contributed by atoms with Crippen LogP contribution in [0.4, 0.5) is 17.2 Å². The Labute approximate surface area is 239 Å². The number of piperidine rings is 1. The maximum absolute atomic E-state index is 12.6. The fourth-order valence-corrected chi connectivity index (χ4v) is 5.80. The van der Waals surface area contributed by atoms with Gasteiger partial charge in [-0.3, -0.25) is 9.59 Å². The third-order valence-corrected chi connectivity index (χ3v) is 7.73. The molecule has 1 fully saturated rings. The molecule has 7 heteroatoms. The number of anilines is 3. The lowest BCUT2D eigenvalue weighted by atomic mass is 9.92. The first-order chi connectivity index (χ1) is 19.2. The van der Waals surface area contributed by atoms with Crippen molar-refractivity contribution in [2.24, 2.45) is 11.8 Å². The van der Waals surface area contributed by atoms with Gasteiger partial charge in [-0.25, -0.2) is 4.98 Å². The Morgan fingerprint density at radius 3 is 2.48 bits per heavy atom. The SMILES string of the molecule is CCN(CCCNC(=O)CCC(=O)Nc1ccc2nc(N3C[C@H](C)C[C@@H](C)C3)cc(C)c2c1)c1cccc(C)c1. The summed E-state index contributed by atoms with van der Waals surface area (Å²) in [6.45, 7) is 15.4. The van der Waals surface area contributed by atoms with Crippen LogP contribution in [0.2, 0.25) is 0 Å². The molecule has 0 spiro atoms. The molecule has 2 atom stereocenters. The van der Waals surface area contributed by atoms with Crippen molar-refractivity contribution in [2.75, 3.05) is 47.8 Å².